The third-order valence-corrected chi connectivity index (χ3v) is 8.39. The lowest BCUT2D eigenvalue weighted by Crippen LogP contribution is -2.33. The molecule has 0 rings (SSSR count). The van der Waals surface area contributed by atoms with E-state index in [1.54, 1.807) is 14.0 Å². The van der Waals surface area contributed by atoms with Crippen LogP contribution >= 0.6 is 23.2 Å². The predicted octanol–water partition coefficient (Wildman–Crippen LogP) is 4.83. The van der Waals surface area contributed by atoms with Crippen molar-refractivity contribution < 1.29 is 24.3 Å². The Bertz CT molecular complexity index is 763. The Morgan fingerprint density at radius 3 is 1.12 bits per heavy atom. The van der Waals surface area contributed by atoms with Gasteiger partial charge in [-0.05, 0) is 140 Å². The van der Waals surface area contributed by atoms with E-state index in [-0.39, 0.29) is 17.2 Å². The van der Waals surface area contributed by atoms with Crippen molar-refractivity contribution in [3.63, 3.8) is 0 Å². The van der Waals surface area contributed by atoms with E-state index in [9.17, 15) is 19.2 Å². The van der Waals surface area contributed by atoms with Crippen LogP contribution in [0.3, 0.4) is 0 Å². The van der Waals surface area contributed by atoms with E-state index in [2.05, 4.69) is 44.3 Å². The Balaban J connectivity index is -0.000000798. The molecule has 0 aliphatic rings. The highest BCUT2D eigenvalue weighted by molar-refractivity contribution is 6.40. The van der Waals surface area contributed by atoms with Crippen molar-refractivity contribution in [2.24, 2.45) is 0 Å². The lowest BCUT2D eigenvalue weighted by Gasteiger charge is -2.19. The van der Waals surface area contributed by atoms with Crippen LogP contribution < -0.4 is 10.6 Å². The van der Waals surface area contributed by atoms with Crippen molar-refractivity contribution in [1.82, 2.24) is 30.2 Å². The Hall–Kier alpha value is -1.18. The molecule has 49 heavy (non-hydrogen) atoms. The average molecular weight is 742 g/mol. The third kappa shape index (κ3) is 36.4. The number of nitrogens with one attached hydrogen (secondary N) is 2. The van der Waals surface area contributed by atoms with Crippen LogP contribution in [0.25, 0.3) is 0 Å². The summed E-state index contributed by atoms with van der Waals surface area (Å²) in [5, 5.41) is 15.0. The molecule has 3 N–H and O–H groups in total. The molecule has 0 saturated heterocycles. The maximum absolute atomic E-state index is 11.3. The minimum absolute atomic E-state index is 0.0154. The Morgan fingerprint density at radius 2 is 0.857 bits per heavy atom. The number of halogens is 2. The lowest BCUT2D eigenvalue weighted by molar-refractivity contribution is -0.139. The number of ketones is 3. The fourth-order valence-electron chi connectivity index (χ4n) is 5.14. The summed E-state index contributed by atoms with van der Waals surface area (Å²) in [6.07, 6.45) is 11.5. The van der Waals surface area contributed by atoms with Gasteiger partial charge in [0.1, 0.15) is 23.4 Å². The molecule has 0 bridgehead atoms. The maximum atomic E-state index is 11.3. The second-order valence-electron chi connectivity index (χ2n) is 13.0. The molecule has 13 heteroatoms. The number of alkyl halides is 2. The highest BCUT2D eigenvalue weighted by Gasteiger charge is 2.14. The van der Waals surface area contributed by atoms with Crippen molar-refractivity contribution in [3.8, 4) is 0 Å². The first-order valence-corrected chi connectivity index (χ1v) is 19.3. The number of unbranched alkanes of at least 4 members (excludes halogenated alkanes) is 4. The quantitative estimate of drug-likeness (QED) is 0.0693. The number of likely N-dealkylation sites (N-methyl/N-ethyl adjacent to an activating group) is 4. The molecule has 11 nitrogen and oxygen atoms in total. The van der Waals surface area contributed by atoms with E-state index in [4.69, 9.17) is 28.3 Å². The zero-order valence-electron chi connectivity index (χ0n) is 32.6. The summed E-state index contributed by atoms with van der Waals surface area (Å²) in [5.41, 5.74) is 0. The maximum Gasteiger partial charge on any atom is 0.320 e. The van der Waals surface area contributed by atoms with E-state index >= 15 is 0 Å². The zero-order valence-corrected chi connectivity index (χ0v) is 34.1. The number of carbonyl (C=O) groups is 4. The average Bonchev–Trinajstić information content (AvgIpc) is 3.05. The van der Waals surface area contributed by atoms with Crippen molar-refractivity contribution in [1.29, 1.82) is 0 Å². The number of carboxylic acid groups (broad SMARTS) is 1. The normalized spacial score (nSPS) is 12.4. The minimum Gasteiger partial charge on any atom is -0.480 e. The monoisotopic (exact) mass is 741 g/mol. The molecule has 0 amide bonds. The Kier molecular flexibility index (Phi) is 39.0. The van der Waals surface area contributed by atoms with Gasteiger partial charge in [0.2, 0.25) is 0 Å². The van der Waals surface area contributed by atoms with E-state index < -0.39 is 12.0 Å². The van der Waals surface area contributed by atoms with Gasteiger partial charge in [-0.15, -0.1) is 23.2 Å². The van der Waals surface area contributed by atoms with Gasteiger partial charge in [0.05, 0.1) is 24.5 Å². The highest BCUT2D eigenvalue weighted by Crippen LogP contribution is 2.05. The van der Waals surface area contributed by atoms with Crippen LogP contribution in [0.2, 0.25) is 0 Å². The molecule has 2 atom stereocenters. The summed E-state index contributed by atoms with van der Waals surface area (Å²) < 4.78 is 0. The molecule has 2 unspecified atom stereocenters. The molecular formula is C36H74Cl2N6O5. The number of carboxylic acids is 1. The number of hydrogen-bond donors (Lipinski definition) is 3. The fraction of sp³-hybridized carbons (Fsp3) is 0.889. The molecule has 0 aliphatic carbocycles. The second-order valence-corrected chi connectivity index (χ2v) is 13.8. The van der Waals surface area contributed by atoms with E-state index in [0.29, 0.717) is 43.9 Å². The SMILES string of the molecule is CCC(=O)CN(C)CCCCN(C)CCCCC(NC)C(=O)O.CCC(=O)CN(C)CCCCN(C)CCCCC(NC)C(C)=O.ClCCl. The zero-order chi connectivity index (χ0) is 38.0. The first-order valence-electron chi connectivity index (χ1n) is 18.2. The van der Waals surface area contributed by atoms with Crippen LogP contribution in [0.1, 0.15) is 97.8 Å². The first-order chi connectivity index (χ1) is 23.2. The summed E-state index contributed by atoms with van der Waals surface area (Å²) >= 11 is 9.53. The number of hydrogen-bond acceptors (Lipinski definition) is 10. The summed E-state index contributed by atoms with van der Waals surface area (Å²) in [7, 11) is 11.8. The highest BCUT2D eigenvalue weighted by atomic mass is 35.5. The van der Waals surface area contributed by atoms with Crippen molar-refractivity contribution in [2.75, 3.05) is 100.0 Å². The van der Waals surface area contributed by atoms with Crippen LogP contribution in [0.4, 0.5) is 0 Å². The Morgan fingerprint density at radius 1 is 0.571 bits per heavy atom. The van der Waals surface area contributed by atoms with Crippen LogP contribution in [-0.4, -0.2) is 160 Å². The number of Topliss-reactive ketones (excluding diaryl/α,β-unsaturated/α-hetero) is 3. The van der Waals surface area contributed by atoms with E-state index in [1.807, 2.05) is 35.0 Å². The van der Waals surface area contributed by atoms with Crippen LogP contribution in [0.5, 0.6) is 0 Å². The number of rotatable bonds is 30. The summed E-state index contributed by atoms with van der Waals surface area (Å²) in [6.45, 7) is 12.8. The van der Waals surface area contributed by atoms with Crippen molar-refractivity contribution in [2.45, 2.75) is 110 Å². The molecule has 0 aromatic rings. The topological polar surface area (TPSA) is 126 Å². The molecule has 0 fully saturated rings. The van der Waals surface area contributed by atoms with Gasteiger partial charge in [-0.1, -0.05) is 26.7 Å². The van der Waals surface area contributed by atoms with Gasteiger partial charge < -0.3 is 25.5 Å². The van der Waals surface area contributed by atoms with Gasteiger partial charge >= 0.3 is 5.97 Å². The molecular weight excluding hydrogens is 667 g/mol. The summed E-state index contributed by atoms with van der Waals surface area (Å²) in [4.78, 5) is 53.7. The number of nitrogens with zero attached hydrogens (tertiary/aromatic N) is 4. The smallest absolute Gasteiger partial charge is 0.320 e. The molecule has 0 spiro atoms. The number of carbonyl (C=O) groups excluding carboxylic acids is 3. The first kappa shape index (κ1) is 52.2. The minimum atomic E-state index is -0.772. The van der Waals surface area contributed by atoms with Gasteiger partial charge in [0, 0.05) is 12.8 Å². The van der Waals surface area contributed by atoms with E-state index in [1.165, 1.54) is 0 Å². The largest absolute Gasteiger partial charge is 0.480 e. The van der Waals surface area contributed by atoms with Crippen molar-refractivity contribution >= 4 is 46.5 Å². The van der Waals surface area contributed by atoms with Crippen LogP contribution in [-0.2, 0) is 19.2 Å². The van der Waals surface area contributed by atoms with E-state index in [0.717, 1.165) is 97.1 Å². The molecule has 0 radical (unpaired) electrons. The summed E-state index contributed by atoms with van der Waals surface area (Å²) in [5.74, 6) is 0.0685. The lowest BCUT2D eigenvalue weighted by atomic mass is 10.1. The van der Waals surface area contributed by atoms with Gasteiger partial charge in [-0.2, -0.15) is 0 Å². The van der Waals surface area contributed by atoms with Crippen LogP contribution in [0, 0.1) is 0 Å². The molecule has 292 valence electrons. The van der Waals surface area contributed by atoms with Gasteiger partial charge in [0.15, 0.2) is 0 Å². The number of aliphatic carboxylic acids is 1. The molecule has 0 heterocycles. The van der Waals surface area contributed by atoms with Gasteiger partial charge in [-0.3, -0.25) is 29.0 Å². The second kappa shape index (κ2) is 36.6. The predicted molar refractivity (Wildman–Crippen MR) is 207 cm³/mol. The molecule has 0 aromatic carbocycles. The van der Waals surface area contributed by atoms with Gasteiger partial charge in [-0.25, -0.2) is 0 Å². The van der Waals surface area contributed by atoms with Crippen molar-refractivity contribution in [3.05, 3.63) is 0 Å². The molecule has 0 aliphatic heterocycles. The van der Waals surface area contributed by atoms with Gasteiger partial charge in [0.25, 0.3) is 0 Å². The summed E-state index contributed by atoms with van der Waals surface area (Å²) in [6, 6.07) is -0.414. The van der Waals surface area contributed by atoms with Crippen LogP contribution in [0.15, 0.2) is 0 Å². The third-order valence-electron chi connectivity index (χ3n) is 8.39. The molecule has 0 saturated carbocycles. The molecule has 0 aromatic heterocycles. The standard InChI is InChI=1S/C18H37N3O2.C17H35N3O3.CH2Cl2/c1-6-17(23)15-21(5)14-10-9-13-20(4)12-8-7-11-18(19-3)16(2)22;1-5-15(21)14-20(4)13-9-8-12-19(3)11-7-6-10-16(18-2)17(22)23;2-1-3/h18-19H,6-15H2,1-5H3;16,18H,5-14H2,1-4H3,(H,22,23);1H2. The Labute approximate surface area is 310 Å². The fourth-order valence-corrected chi connectivity index (χ4v) is 5.14.